The lowest BCUT2D eigenvalue weighted by atomic mass is 10.1. The molecule has 2 aromatic carbocycles. The predicted octanol–water partition coefficient (Wildman–Crippen LogP) is 2.40. The molecule has 1 N–H and O–H groups in total. The van der Waals surface area contributed by atoms with Crippen LogP contribution in [0, 0.1) is 0 Å². The summed E-state index contributed by atoms with van der Waals surface area (Å²) < 4.78 is 11.3. The van der Waals surface area contributed by atoms with Gasteiger partial charge in [-0.2, -0.15) is 0 Å². The van der Waals surface area contributed by atoms with E-state index >= 15 is 0 Å². The Morgan fingerprint density at radius 3 is 2.55 bits per heavy atom. The molecule has 0 aromatic heterocycles. The Bertz CT molecular complexity index is 884. The van der Waals surface area contributed by atoms with Crippen molar-refractivity contribution in [1.29, 1.82) is 0 Å². The molecule has 8 heteroatoms. The molecule has 0 spiro atoms. The van der Waals surface area contributed by atoms with Crippen LogP contribution in [0.15, 0.2) is 48.5 Å². The standard InChI is InChI=1S/C21H22ClN3O4/c22-15-5-7-16(8-6-15)23-20(26)14-25-13-19(21(27)24-9-11-28-12-10-24)29-18-4-2-1-3-17(18)25/h1-8,19H,9-14H2,(H,23,26)/t19-/m1/s1. The molecule has 0 radical (unpaired) electrons. The first-order valence-electron chi connectivity index (χ1n) is 9.53. The minimum atomic E-state index is -0.661. The van der Waals surface area contributed by atoms with Gasteiger partial charge in [-0.1, -0.05) is 23.7 Å². The number of para-hydroxylation sites is 2. The molecule has 1 atom stereocenters. The Morgan fingerprint density at radius 1 is 1.07 bits per heavy atom. The lowest BCUT2D eigenvalue weighted by molar-refractivity contribution is -0.142. The number of anilines is 2. The van der Waals surface area contributed by atoms with Gasteiger partial charge in [0.2, 0.25) is 5.91 Å². The Hall–Kier alpha value is -2.77. The molecule has 2 amide bonds. The molecule has 152 valence electrons. The number of fused-ring (bicyclic) bond motifs is 1. The first-order valence-corrected chi connectivity index (χ1v) is 9.90. The second-order valence-corrected chi connectivity index (χ2v) is 7.38. The molecular weight excluding hydrogens is 394 g/mol. The minimum absolute atomic E-state index is 0.0779. The Morgan fingerprint density at radius 2 is 1.79 bits per heavy atom. The maximum atomic E-state index is 12.9. The van der Waals surface area contributed by atoms with E-state index in [1.807, 2.05) is 29.2 Å². The molecule has 2 aromatic rings. The van der Waals surface area contributed by atoms with E-state index in [0.29, 0.717) is 49.3 Å². The van der Waals surface area contributed by atoms with Crippen LogP contribution in [0.1, 0.15) is 0 Å². The molecule has 4 rings (SSSR count). The van der Waals surface area contributed by atoms with Crippen molar-refractivity contribution in [1.82, 2.24) is 4.90 Å². The van der Waals surface area contributed by atoms with Crippen molar-refractivity contribution in [2.75, 3.05) is 49.6 Å². The quantitative estimate of drug-likeness (QED) is 0.830. The first-order chi connectivity index (χ1) is 14.1. The molecular formula is C21H22ClN3O4. The average molecular weight is 416 g/mol. The Balaban J connectivity index is 1.48. The summed E-state index contributed by atoms with van der Waals surface area (Å²) >= 11 is 5.89. The maximum absolute atomic E-state index is 12.9. The number of nitrogens with one attached hydrogen (secondary N) is 1. The topological polar surface area (TPSA) is 71.1 Å². The molecule has 0 bridgehead atoms. The van der Waals surface area contributed by atoms with Crippen molar-refractivity contribution in [3.05, 3.63) is 53.6 Å². The number of hydrogen-bond acceptors (Lipinski definition) is 5. The highest BCUT2D eigenvalue weighted by Crippen LogP contribution is 2.33. The highest BCUT2D eigenvalue weighted by molar-refractivity contribution is 6.30. The third kappa shape index (κ3) is 4.63. The van der Waals surface area contributed by atoms with Gasteiger partial charge in [-0.05, 0) is 36.4 Å². The fraction of sp³-hybridized carbons (Fsp3) is 0.333. The van der Waals surface area contributed by atoms with Crippen LogP contribution in [0.5, 0.6) is 5.75 Å². The highest BCUT2D eigenvalue weighted by atomic mass is 35.5. The summed E-state index contributed by atoms with van der Waals surface area (Å²) in [7, 11) is 0. The van der Waals surface area contributed by atoms with E-state index < -0.39 is 6.10 Å². The van der Waals surface area contributed by atoms with Crippen LogP contribution < -0.4 is 15.0 Å². The summed E-state index contributed by atoms with van der Waals surface area (Å²) in [6.45, 7) is 2.58. The van der Waals surface area contributed by atoms with Gasteiger partial charge < -0.3 is 24.6 Å². The predicted molar refractivity (Wildman–Crippen MR) is 111 cm³/mol. The summed E-state index contributed by atoms with van der Waals surface area (Å²) in [5.74, 6) is 0.345. The second kappa shape index (κ2) is 8.71. The highest BCUT2D eigenvalue weighted by Gasteiger charge is 2.34. The van der Waals surface area contributed by atoms with Gasteiger partial charge in [0, 0.05) is 23.8 Å². The van der Waals surface area contributed by atoms with Crippen molar-refractivity contribution in [3.8, 4) is 5.75 Å². The van der Waals surface area contributed by atoms with Gasteiger partial charge in [0.25, 0.3) is 5.91 Å². The van der Waals surface area contributed by atoms with Crippen LogP contribution in [-0.2, 0) is 14.3 Å². The van der Waals surface area contributed by atoms with Crippen LogP contribution in [0.2, 0.25) is 5.02 Å². The van der Waals surface area contributed by atoms with E-state index in [1.165, 1.54) is 0 Å². The number of morpholine rings is 1. The molecule has 1 fully saturated rings. The number of ether oxygens (including phenoxy) is 2. The molecule has 2 heterocycles. The number of benzene rings is 2. The normalized spacial score (nSPS) is 18.6. The number of rotatable bonds is 4. The SMILES string of the molecule is O=C(CN1C[C@H](C(=O)N2CCOCC2)Oc2ccccc21)Nc1ccc(Cl)cc1. The van der Waals surface area contributed by atoms with Crippen LogP contribution >= 0.6 is 11.6 Å². The van der Waals surface area contributed by atoms with Crippen molar-refractivity contribution < 1.29 is 19.1 Å². The molecule has 29 heavy (non-hydrogen) atoms. The summed E-state index contributed by atoms with van der Waals surface area (Å²) in [4.78, 5) is 29.2. The molecule has 0 saturated carbocycles. The van der Waals surface area contributed by atoms with Gasteiger partial charge in [0.15, 0.2) is 6.10 Å². The Labute approximate surface area is 174 Å². The van der Waals surface area contributed by atoms with Crippen molar-refractivity contribution in [2.24, 2.45) is 0 Å². The van der Waals surface area contributed by atoms with E-state index in [2.05, 4.69) is 5.32 Å². The van der Waals surface area contributed by atoms with E-state index in [-0.39, 0.29) is 18.4 Å². The number of amides is 2. The van der Waals surface area contributed by atoms with Gasteiger partial charge in [-0.25, -0.2) is 0 Å². The molecule has 0 unspecified atom stereocenters. The van der Waals surface area contributed by atoms with Gasteiger partial charge in [-0.15, -0.1) is 0 Å². The van der Waals surface area contributed by atoms with Crippen LogP contribution in [0.4, 0.5) is 11.4 Å². The second-order valence-electron chi connectivity index (χ2n) is 6.95. The zero-order chi connectivity index (χ0) is 20.2. The summed E-state index contributed by atoms with van der Waals surface area (Å²) in [5.41, 5.74) is 1.46. The van der Waals surface area contributed by atoms with E-state index in [9.17, 15) is 9.59 Å². The molecule has 1 saturated heterocycles. The van der Waals surface area contributed by atoms with Crippen molar-refractivity contribution in [2.45, 2.75) is 6.10 Å². The van der Waals surface area contributed by atoms with Gasteiger partial charge in [0.1, 0.15) is 5.75 Å². The van der Waals surface area contributed by atoms with Crippen LogP contribution in [0.3, 0.4) is 0 Å². The van der Waals surface area contributed by atoms with E-state index in [1.54, 1.807) is 29.2 Å². The fourth-order valence-corrected chi connectivity index (χ4v) is 3.61. The van der Waals surface area contributed by atoms with Crippen molar-refractivity contribution in [3.63, 3.8) is 0 Å². The third-order valence-electron chi connectivity index (χ3n) is 4.92. The number of carbonyl (C=O) groups is 2. The van der Waals surface area contributed by atoms with E-state index in [0.717, 1.165) is 5.69 Å². The van der Waals surface area contributed by atoms with Crippen LogP contribution in [-0.4, -0.2) is 62.2 Å². The monoisotopic (exact) mass is 415 g/mol. The minimum Gasteiger partial charge on any atom is -0.477 e. The molecule has 2 aliphatic rings. The average Bonchev–Trinajstić information content (AvgIpc) is 2.75. The third-order valence-corrected chi connectivity index (χ3v) is 5.17. The smallest absolute Gasteiger partial charge is 0.265 e. The number of nitrogens with zero attached hydrogens (tertiary/aromatic N) is 2. The van der Waals surface area contributed by atoms with Gasteiger partial charge in [0.05, 0.1) is 32.0 Å². The van der Waals surface area contributed by atoms with Crippen LogP contribution in [0.25, 0.3) is 0 Å². The molecule has 7 nitrogen and oxygen atoms in total. The molecule has 0 aliphatic carbocycles. The maximum Gasteiger partial charge on any atom is 0.265 e. The van der Waals surface area contributed by atoms with Gasteiger partial charge >= 0.3 is 0 Å². The lowest BCUT2D eigenvalue weighted by Crippen LogP contribution is -2.53. The van der Waals surface area contributed by atoms with Crippen molar-refractivity contribution >= 4 is 34.8 Å². The fourth-order valence-electron chi connectivity index (χ4n) is 3.48. The largest absolute Gasteiger partial charge is 0.477 e. The number of halogens is 1. The van der Waals surface area contributed by atoms with E-state index in [4.69, 9.17) is 21.1 Å². The van der Waals surface area contributed by atoms with Gasteiger partial charge in [-0.3, -0.25) is 9.59 Å². The summed E-state index contributed by atoms with van der Waals surface area (Å²) in [5, 5.41) is 3.47. The number of hydrogen-bond donors (Lipinski definition) is 1. The summed E-state index contributed by atoms with van der Waals surface area (Å²) in [6.07, 6.45) is -0.661. The zero-order valence-corrected chi connectivity index (χ0v) is 16.6. The lowest BCUT2D eigenvalue weighted by Gasteiger charge is -2.38. The first kappa shape index (κ1) is 19.5. The Kier molecular flexibility index (Phi) is 5.87. The number of carbonyl (C=O) groups excluding carboxylic acids is 2. The zero-order valence-electron chi connectivity index (χ0n) is 15.8. The summed E-state index contributed by atoms with van der Waals surface area (Å²) in [6, 6.07) is 14.4. The molecule has 2 aliphatic heterocycles.